The van der Waals surface area contributed by atoms with Gasteiger partial charge in [-0.15, -0.1) is 0 Å². The zero-order chi connectivity index (χ0) is 34.8. The van der Waals surface area contributed by atoms with Crippen LogP contribution in [0.4, 0.5) is 34.1 Å². The van der Waals surface area contributed by atoms with Crippen LogP contribution in [-0.4, -0.2) is 0 Å². The van der Waals surface area contributed by atoms with Gasteiger partial charge in [0.1, 0.15) is 0 Å². The SMILES string of the molecule is Cc1ccc(N(c2ccc(C)cc2)c2ccc(C3(c4ccc(N(c5ccc(C)cc5)c5ccc(C)cc5)c(C)c4)CCCCC3)cc2C)cc1. The molecule has 7 rings (SSSR count). The van der Waals surface area contributed by atoms with E-state index in [4.69, 9.17) is 0 Å². The van der Waals surface area contributed by atoms with Gasteiger partial charge in [0.25, 0.3) is 0 Å². The average Bonchev–Trinajstić information content (AvgIpc) is 3.13. The van der Waals surface area contributed by atoms with Gasteiger partial charge in [-0.2, -0.15) is 0 Å². The summed E-state index contributed by atoms with van der Waals surface area (Å²) in [7, 11) is 0. The maximum absolute atomic E-state index is 2.49. The van der Waals surface area contributed by atoms with E-state index in [1.165, 1.54) is 111 Å². The molecule has 0 unspecified atom stereocenters. The lowest BCUT2D eigenvalue weighted by atomic mass is 9.65. The molecule has 50 heavy (non-hydrogen) atoms. The summed E-state index contributed by atoms with van der Waals surface area (Å²) in [6, 6.07) is 50.2. The van der Waals surface area contributed by atoms with Gasteiger partial charge in [0.2, 0.25) is 0 Å². The fraction of sp³-hybridized carbons (Fsp3) is 0.250. The Morgan fingerprint density at radius 3 is 0.940 bits per heavy atom. The predicted molar refractivity (Wildman–Crippen MR) is 215 cm³/mol. The molecule has 2 nitrogen and oxygen atoms in total. The molecule has 0 amide bonds. The van der Waals surface area contributed by atoms with Crippen LogP contribution in [0.15, 0.2) is 133 Å². The monoisotopic (exact) mass is 654 g/mol. The number of benzene rings is 6. The van der Waals surface area contributed by atoms with Crippen LogP contribution in [0.1, 0.15) is 76.6 Å². The second-order valence-electron chi connectivity index (χ2n) is 14.7. The van der Waals surface area contributed by atoms with Crippen molar-refractivity contribution < 1.29 is 0 Å². The minimum absolute atomic E-state index is 0.0120. The molecule has 252 valence electrons. The van der Waals surface area contributed by atoms with E-state index in [2.05, 4.69) is 185 Å². The van der Waals surface area contributed by atoms with E-state index >= 15 is 0 Å². The molecule has 0 atom stereocenters. The van der Waals surface area contributed by atoms with Crippen molar-refractivity contribution in [3.63, 3.8) is 0 Å². The highest BCUT2D eigenvalue weighted by Gasteiger charge is 2.36. The zero-order valence-electron chi connectivity index (χ0n) is 30.6. The second-order valence-corrected chi connectivity index (χ2v) is 14.7. The van der Waals surface area contributed by atoms with Crippen molar-refractivity contribution in [2.45, 2.75) is 79.1 Å². The van der Waals surface area contributed by atoms with E-state index in [-0.39, 0.29) is 5.41 Å². The quantitative estimate of drug-likeness (QED) is 0.161. The lowest BCUT2D eigenvalue weighted by molar-refractivity contribution is 0.346. The van der Waals surface area contributed by atoms with Crippen molar-refractivity contribution in [1.29, 1.82) is 0 Å². The summed E-state index contributed by atoms with van der Waals surface area (Å²) >= 11 is 0. The van der Waals surface area contributed by atoms with E-state index in [0.29, 0.717) is 0 Å². The first-order chi connectivity index (χ1) is 24.2. The van der Waals surface area contributed by atoms with Gasteiger partial charge < -0.3 is 9.80 Å². The Morgan fingerprint density at radius 1 is 0.360 bits per heavy atom. The highest BCUT2D eigenvalue weighted by Crippen LogP contribution is 2.48. The molecule has 0 bridgehead atoms. The van der Waals surface area contributed by atoms with Crippen LogP contribution in [0, 0.1) is 41.5 Å². The van der Waals surface area contributed by atoms with Crippen molar-refractivity contribution >= 4 is 34.1 Å². The molecular formula is C48H50N2. The first-order valence-corrected chi connectivity index (χ1v) is 18.3. The molecule has 0 saturated heterocycles. The van der Waals surface area contributed by atoms with Crippen LogP contribution < -0.4 is 9.80 Å². The molecule has 6 aromatic rings. The normalized spacial score (nSPS) is 14.0. The summed E-state index contributed by atoms with van der Waals surface area (Å²) in [4.78, 5) is 4.82. The molecule has 0 heterocycles. The van der Waals surface area contributed by atoms with Crippen LogP contribution in [0.2, 0.25) is 0 Å². The Balaban J connectivity index is 1.30. The Bertz CT molecular complexity index is 1830. The summed E-state index contributed by atoms with van der Waals surface area (Å²) in [6.07, 6.45) is 6.14. The Kier molecular flexibility index (Phi) is 9.38. The maximum Gasteiger partial charge on any atom is 0.0490 e. The van der Waals surface area contributed by atoms with Crippen molar-refractivity contribution in [3.05, 3.63) is 178 Å². The Hall–Kier alpha value is -5.08. The summed E-state index contributed by atoms with van der Waals surface area (Å²) < 4.78 is 0. The molecule has 0 aliphatic heterocycles. The smallest absolute Gasteiger partial charge is 0.0490 e. The lowest BCUT2D eigenvalue weighted by Gasteiger charge is -2.40. The van der Waals surface area contributed by atoms with Gasteiger partial charge in [-0.25, -0.2) is 0 Å². The molecule has 6 aromatic carbocycles. The molecule has 0 N–H and O–H groups in total. The fourth-order valence-electron chi connectivity index (χ4n) is 7.94. The van der Waals surface area contributed by atoms with Crippen LogP contribution in [0.5, 0.6) is 0 Å². The fourth-order valence-corrected chi connectivity index (χ4v) is 7.94. The molecule has 0 aromatic heterocycles. The van der Waals surface area contributed by atoms with Crippen LogP contribution >= 0.6 is 0 Å². The predicted octanol–water partition coefficient (Wildman–Crippen LogP) is 13.7. The lowest BCUT2D eigenvalue weighted by Crippen LogP contribution is -2.31. The summed E-state index contributed by atoms with van der Waals surface area (Å²) in [5.74, 6) is 0. The van der Waals surface area contributed by atoms with Gasteiger partial charge in [-0.05, 0) is 137 Å². The molecule has 0 radical (unpaired) electrons. The second kappa shape index (κ2) is 14.0. The number of rotatable bonds is 8. The number of hydrogen-bond acceptors (Lipinski definition) is 2. The van der Waals surface area contributed by atoms with Crippen molar-refractivity contribution in [3.8, 4) is 0 Å². The Labute approximate surface area is 300 Å². The first-order valence-electron chi connectivity index (χ1n) is 18.3. The van der Waals surface area contributed by atoms with Gasteiger partial charge in [0, 0.05) is 39.5 Å². The molecule has 1 saturated carbocycles. The summed E-state index contributed by atoms with van der Waals surface area (Å²) in [5.41, 5.74) is 17.7. The number of hydrogen-bond donors (Lipinski definition) is 0. The summed E-state index contributed by atoms with van der Waals surface area (Å²) in [6.45, 7) is 13.2. The van der Waals surface area contributed by atoms with Gasteiger partial charge in [0.15, 0.2) is 0 Å². The molecule has 0 spiro atoms. The van der Waals surface area contributed by atoms with Gasteiger partial charge in [0.05, 0.1) is 0 Å². The van der Waals surface area contributed by atoms with Crippen molar-refractivity contribution in [2.24, 2.45) is 0 Å². The highest BCUT2D eigenvalue weighted by atomic mass is 15.1. The standard InChI is InChI=1S/C48H50N2/c1-34-10-20-42(21-11-34)49(43-22-12-35(2)13-23-43)46-28-18-40(32-38(46)5)48(30-8-7-9-31-48)41-19-29-47(39(6)33-41)50(44-24-14-36(3)15-25-44)45-26-16-37(4)17-27-45/h10-29,32-33H,7-9,30-31H2,1-6H3. The van der Waals surface area contributed by atoms with E-state index < -0.39 is 0 Å². The minimum Gasteiger partial charge on any atom is -0.310 e. The number of nitrogens with zero attached hydrogens (tertiary/aromatic N) is 2. The average molecular weight is 655 g/mol. The zero-order valence-corrected chi connectivity index (χ0v) is 30.6. The van der Waals surface area contributed by atoms with Crippen LogP contribution in [0.25, 0.3) is 0 Å². The molecule has 2 heteroatoms. The van der Waals surface area contributed by atoms with E-state index in [1.54, 1.807) is 0 Å². The van der Waals surface area contributed by atoms with Crippen LogP contribution in [-0.2, 0) is 5.41 Å². The third kappa shape index (κ3) is 6.60. The topological polar surface area (TPSA) is 6.48 Å². The molecule has 1 aliphatic rings. The first kappa shape index (κ1) is 33.4. The number of aryl methyl sites for hydroxylation is 6. The van der Waals surface area contributed by atoms with Gasteiger partial charge >= 0.3 is 0 Å². The third-order valence-corrected chi connectivity index (χ3v) is 10.9. The van der Waals surface area contributed by atoms with Crippen molar-refractivity contribution in [2.75, 3.05) is 9.80 Å². The third-order valence-electron chi connectivity index (χ3n) is 10.9. The van der Waals surface area contributed by atoms with Gasteiger partial charge in [-0.3, -0.25) is 0 Å². The minimum atomic E-state index is -0.0120. The van der Waals surface area contributed by atoms with Gasteiger partial charge in [-0.1, -0.05) is 114 Å². The maximum atomic E-state index is 2.49. The molecule has 1 fully saturated rings. The summed E-state index contributed by atoms with van der Waals surface area (Å²) in [5, 5.41) is 0. The van der Waals surface area contributed by atoms with E-state index in [9.17, 15) is 0 Å². The van der Waals surface area contributed by atoms with Crippen molar-refractivity contribution in [1.82, 2.24) is 0 Å². The van der Waals surface area contributed by atoms with Crippen LogP contribution in [0.3, 0.4) is 0 Å². The molecule has 1 aliphatic carbocycles. The van der Waals surface area contributed by atoms with E-state index in [0.717, 1.165) is 0 Å². The Morgan fingerprint density at radius 2 is 0.660 bits per heavy atom. The number of anilines is 6. The molecular weight excluding hydrogens is 605 g/mol. The highest BCUT2D eigenvalue weighted by molar-refractivity contribution is 5.80. The van der Waals surface area contributed by atoms with E-state index in [1.807, 2.05) is 0 Å². The largest absolute Gasteiger partial charge is 0.310 e.